The van der Waals surface area contributed by atoms with Crippen molar-refractivity contribution in [1.82, 2.24) is 19.8 Å². The van der Waals surface area contributed by atoms with E-state index < -0.39 is 0 Å². The number of aliphatic imine (C=N–C) groups is 1. The van der Waals surface area contributed by atoms with Crippen molar-refractivity contribution in [2.75, 3.05) is 19.6 Å². The first-order valence-electron chi connectivity index (χ1n) is 9.79. The fraction of sp³-hybridized carbons (Fsp3) is 0.524. The Balaban J connectivity index is 1.77. The van der Waals surface area contributed by atoms with E-state index in [9.17, 15) is 5.11 Å². The molecule has 0 amide bonds. The van der Waals surface area contributed by atoms with E-state index in [1.165, 1.54) is 0 Å². The number of aromatic nitrogens is 2. The smallest absolute Gasteiger partial charge is 0.194 e. The number of piperidine rings is 1. The molecule has 27 heavy (non-hydrogen) atoms. The molecule has 2 unspecified atom stereocenters. The molecular weight excluding hydrogens is 338 g/mol. The number of nitrogens with zero attached hydrogens (tertiary/aromatic N) is 4. The molecule has 6 nitrogen and oxygen atoms in total. The van der Waals surface area contributed by atoms with E-state index in [1.807, 2.05) is 38.5 Å². The van der Waals surface area contributed by atoms with E-state index in [-0.39, 0.29) is 0 Å². The lowest BCUT2D eigenvalue weighted by molar-refractivity contribution is 0.189. The van der Waals surface area contributed by atoms with Crippen molar-refractivity contribution in [3.8, 4) is 5.75 Å². The van der Waals surface area contributed by atoms with E-state index >= 15 is 0 Å². The molecule has 2 heterocycles. The molecule has 0 bridgehead atoms. The highest BCUT2D eigenvalue weighted by atomic mass is 16.3. The quantitative estimate of drug-likeness (QED) is 0.641. The standard InChI is InChI=1S/C21H31N5O/c1-5-23-21(24-12-18-10-16(3)20(27)17(4)11-18)25-8-6-15(2)19(13-25)26-9-7-22-14-26/h7,9-11,14-15,19,27H,5-6,8,12-13H2,1-4H3,(H,23,24). The molecule has 0 aliphatic carbocycles. The minimum Gasteiger partial charge on any atom is -0.507 e. The van der Waals surface area contributed by atoms with Gasteiger partial charge in [0.15, 0.2) is 5.96 Å². The number of phenols is 1. The second-order valence-corrected chi connectivity index (χ2v) is 7.54. The average molecular weight is 370 g/mol. The molecule has 3 rings (SSSR count). The number of rotatable bonds is 4. The monoisotopic (exact) mass is 369 g/mol. The lowest BCUT2D eigenvalue weighted by Crippen LogP contribution is -2.49. The van der Waals surface area contributed by atoms with Gasteiger partial charge in [-0.1, -0.05) is 19.1 Å². The van der Waals surface area contributed by atoms with Crippen LogP contribution in [0.1, 0.15) is 43.0 Å². The van der Waals surface area contributed by atoms with Gasteiger partial charge in [0.25, 0.3) is 0 Å². The van der Waals surface area contributed by atoms with E-state index in [1.54, 1.807) is 0 Å². The van der Waals surface area contributed by atoms with Gasteiger partial charge in [0.05, 0.1) is 18.9 Å². The minimum absolute atomic E-state index is 0.378. The van der Waals surface area contributed by atoms with Gasteiger partial charge in [-0.3, -0.25) is 0 Å². The second kappa shape index (κ2) is 8.46. The largest absolute Gasteiger partial charge is 0.507 e. The summed E-state index contributed by atoms with van der Waals surface area (Å²) < 4.78 is 2.22. The summed E-state index contributed by atoms with van der Waals surface area (Å²) in [5.41, 5.74) is 2.92. The van der Waals surface area contributed by atoms with Crippen molar-refractivity contribution in [2.24, 2.45) is 10.9 Å². The molecule has 0 spiro atoms. The number of nitrogens with one attached hydrogen (secondary N) is 1. The molecule has 1 aromatic carbocycles. The van der Waals surface area contributed by atoms with Gasteiger partial charge in [-0.05, 0) is 49.8 Å². The molecule has 2 atom stereocenters. The van der Waals surface area contributed by atoms with Crippen LogP contribution in [0.4, 0.5) is 0 Å². The van der Waals surface area contributed by atoms with Crippen LogP contribution in [0, 0.1) is 19.8 Å². The first-order chi connectivity index (χ1) is 13.0. The van der Waals surface area contributed by atoms with Crippen LogP contribution in [0.2, 0.25) is 0 Å². The summed E-state index contributed by atoms with van der Waals surface area (Å²) in [5.74, 6) is 1.95. The van der Waals surface area contributed by atoms with Crippen molar-refractivity contribution in [1.29, 1.82) is 0 Å². The number of hydrogen-bond acceptors (Lipinski definition) is 3. The topological polar surface area (TPSA) is 65.7 Å². The summed E-state index contributed by atoms with van der Waals surface area (Å²) in [5, 5.41) is 13.4. The Labute approximate surface area is 162 Å². The van der Waals surface area contributed by atoms with E-state index in [0.717, 1.165) is 48.7 Å². The molecule has 0 radical (unpaired) electrons. The Morgan fingerprint density at radius 3 is 2.70 bits per heavy atom. The van der Waals surface area contributed by atoms with Crippen LogP contribution < -0.4 is 5.32 Å². The maximum Gasteiger partial charge on any atom is 0.194 e. The summed E-state index contributed by atoms with van der Waals surface area (Å²) in [6.07, 6.45) is 6.94. The van der Waals surface area contributed by atoms with Gasteiger partial charge in [0.1, 0.15) is 5.75 Å². The molecule has 2 N–H and O–H groups in total. The van der Waals surface area contributed by atoms with Gasteiger partial charge in [0, 0.05) is 32.0 Å². The average Bonchev–Trinajstić information content (AvgIpc) is 3.18. The maximum atomic E-state index is 9.98. The molecule has 146 valence electrons. The maximum absolute atomic E-state index is 9.98. The van der Waals surface area contributed by atoms with Crippen LogP contribution in [-0.2, 0) is 6.54 Å². The van der Waals surface area contributed by atoms with Crippen LogP contribution >= 0.6 is 0 Å². The van der Waals surface area contributed by atoms with Crippen LogP contribution in [-0.4, -0.2) is 45.2 Å². The van der Waals surface area contributed by atoms with Gasteiger partial charge in [-0.15, -0.1) is 0 Å². The number of aromatic hydroxyl groups is 1. The molecule has 1 aliphatic heterocycles. The van der Waals surface area contributed by atoms with E-state index in [4.69, 9.17) is 4.99 Å². The number of likely N-dealkylation sites (tertiary alicyclic amines) is 1. The highest BCUT2D eigenvalue weighted by Crippen LogP contribution is 2.28. The van der Waals surface area contributed by atoms with Crippen LogP contribution in [0.5, 0.6) is 5.75 Å². The predicted octanol–water partition coefficient (Wildman–Crippen LogP) is 3.25. The summed E-state index contributed by atoms with van der Waals surface area (Å²) >= 11 is 0. The summed E-state index contributed by atoms with van der Waals surface area (Å²) in [6, 6.07) is 4.44. The lowest BCUT2D eigenvalue weighted by Gasteiger charge is -2.39. The molecule has 0 saturated carbocycles. The van der Waals surface area contributed by atoms with Gasteiger partial charge in [-0.2, -0.15) is 0 Å². The zero-order valence-corrected chi connectivity index (χ0v) is 16.8. The van der Waals surface area contributed by atoms with Crippen LogP contribution in [0.25, 0.3) is 0 Å². The molecular formula is C21H31N5O. The number of guanidine groups is 1. The van der Waals surface area contributed by atoms with E-state index in [2.05, 4.69) is 39.8 Å². The zero-order valence-electron chi connectivity index (χ0n) is 16.8. The third-order valence-electron chi connectivity index (χ3n) is 5.42. The summed E-state index contributed by atoms with van der Waals surface area (Å²) in [6.45, 7) is 11.7. The van der Waals surface area contributed by atoms with Gasteiger partial charge >= 0.3 is 0 Å². The Morgan fingerprint density at radius 1 is 1.33 bits per heavy atom. The highest BCUT2D eigenvalue weighted by molar-refractivity contribution is 5.80. The van der Waals surface area contributed by atoms with Crippen molar-refractivity contribution in [3.63, 3.8) is 0 Å². The first kappa shape index (κ1) is 19.3. The number of aryl methyl sites for hydroxylation is 2. The molecule has 2 aromatic rings. The van der Waals surface area contributed by atoms with Crippen molar-refractivity contribution < 1.29 is 5.11 Å². The third kappa shape index (κ3) is 4.43. The normalized spacial score (nSPS) is 20.7. The van der Waals surface area contributed by atoms with Gasteiger partial charge in [-0.25, -0.2) is 9.98 Å². The van der Waals surface area contributed by atoms with Crippen molar-refractivity contribution in [3.05, 3.63) is 47.5 Å². The Hall–Kier alpha value is -2.50. The van der Waals surface area contributed by atoms with E-state index in [0.29, 0.717) is 24.3 Å². The summed E-state index contributed by atoms with van der Waals surface area (Å²) in [4.78, 5) is 11.5. The number of imidazole rings is 1. The third-order valence-corrected chi connectivity index (χ3v) is 5.42. The molecule has 1 aliphatic rings. The molecule has 1 saturated heterocycles. The number of phenolic OH excluding ortho intramolecular Hbond substituents is 1. The zero-order chi connectivity index (χ0) is 19.4. The second-order valence-electron chi connectivity index (χ2n) is 7.54. The molecule has 1 aromatic heterocycles. The molecule has 1 fully saturated rings. The first-order valence-corrected chi connectivity index (χ1v) is 9.79. The summed E-state index contributed by atoms with van der Waals surface area (Å²) in [7, 11) is 0. The predicted molar refractivity (Wildman–Crippen MR) is 109 cm³/mol. The Morgan fingerprint density at radius 2 is 2.07 bits per heavy atom. The number of hydrogen-bond donors (Lipinski definition) is 2. The SMILES string of the molecule is CCNC(=NCc1cc(C)c(O)c(C)c1)N1CCC(C)C(n2ccnc2)C1. The highest BCUT2D eigenvalue weighted by Gasteiger charge is 2.28. The minimum atomic E-state index is 0.378. The molecule has 6 heteroatoms. The lowest BCUT2D eigenvalue weighted by atomic mass is 9.93. The fourth-order valence-electron chi connectivity index (χ4n) is 3.82. The van der Waals surface area contributed by atoms with Gasteiger partial charge < -0.3 is 19.9 Å². The van der Waals surface area contributed by atoms with Crippen molar-refractivity contribution in [2.45, 2.75) is 46.7 Å². The Bertz CT molecular complexity index is 761. The van der Waals surface area contributed by atoms with Gasteiger partial charge in [0.2, 0.25) is 0 Å². The van der Waals surface area contributed by atoms with Crippen LogP contribution in [0.3, 0.4) is 0 Å². The van der Waals surface area contributed by atoms with Crippen molar-refractivity contribution >= 4 is 5.96 Å². The fourth-order valence-corrected chi connectivity index (χ4v) is 3.82. The number of benzene rings is 1. The Kier molecular flexibility index (Phi) is 6.04. The van der Waals surface area contributed by atoms with Crippen LogP contribution in [0.15, 0.2) is 35.8 Å².